The second-order valence-electron chi connectivity index (χ2n) is 12.1. The Kier molecular flexibility index (Phi) is 16.9. The first-order valence-corrected chi connectivity index (χ1v) is 17.2. The van der Waals surface area contributed by atoms with Crippen LogP contribution in [0.5, 0.6) is 23.0 Å². The molecule has 1 fully saturated rings. The molecule has 1 saturated heterocycles. The van der Waals surface area contributed by atoms with Crippen LogP contribution in [0.1, 0.15) is 66.7 Å². The third-order valence-electron chi connectivity index (χ3n) is 7.96. The summed E-state index contributed by atoms with van der Waals surface area (Å²) in [5.74, 6) is 0.557. The minimum atomic E-state index is -0.506. The van der Waals surface area contributed by atoms with Gasteiger partial charge in [0.05, 0.1) is 50.7 Å². The van der Waals surface area contributed by atoms with Crippen molar-refractivity contribution < 1.29 is 43.1 Å². The van der Waals surface area contributed by atoms with Gasteiger partial charge in [0, 0.05) is 32.8 Å². The average molecular weight is 714 g/mol. The van der Waals surface area contributed by atoms with Crippen molar-refractivity contribution in [2.45, 2.75) is 52.1 Å². The van der Waals surface area contributed by atoms with Crippen LogP contribution in [0.3, 0.4) is 0 Å². The highest BCUT2D eigenvalue weighted by molar-refractivity contribution is 6.43. The van der Waals surface area contributed by atoms with Crippen molar-refractivity contribution in [2.75, 3.05) is 80.4 Å². The van der Waals surface area contributed by atoms with Crippen molar-refractivity contribution in [2.24, 2.45) is 5.92 Å². The zero-order chi connectivity index (χ0) is 35.1. The van der Waals surface area contributed by atoms with Crippen LogP contribution in [0, 0.1) is 5.92 Å². The molecule has 0 aliphatic carbocycles. The van der Waals surface area contributed by atoms with E-state index in [4.69, 9.17) is 51.6 Å². The molecule has 1 N–H and O–H groups in total. The van der Waals surface area contributed by atoms with Crippen molar-refractivity contribution in [1.82, 2.24) is 9.80 Å². The smallest absolute Gasteiger partial charge is 0.338 e. The van der Waals surface area contributed by atoms with Gasteiger partial charge in [-0.2, -0.15) is 0 Å². The van der Waals surface area contributed by atoms with Crippen molar-refractivity contribution >= 4 is 35.1 Å². The lowest BCUT2D eigenvalue weighted by molar-refractivity contribution is 0.0221. The molecule has 1 aliphatic heterocycles. The van der Waals surface area contributed by atoms with Gasteiger partial charge in [0.2, 0.25) is 5.75 Å². The van der Waals surface area contributed by atoms with Gasteiger partial charge in [-0.05, 0) is 75.4 Å². The lowest BCUT2D eigenvalue weighted by atomic mass is 10.1. The number of rotatable bonds is 19. The average Bonchev–Trinajstić information content (AvgIpc) is 3.32. The molecule has 1 unspecified atom stereocenters. The first-order valence-electron chi connectivity index (χ1n) is 16.5. The number of aliphatic hydroxyl groups excluding tert-OH is 1. The number of nitrogens with zero attached hydrogens (tertiary/aromatic N) is 2. The minimum absolute atomic E-state index is 0.189. The second-order valence-corrected chi connectivity index (χ2v) is 12.9. The van der Waals surface area contributed by atoms with Gasteiger partial charge in [-0.15, -0.1) is 0 Å². The van der Waals surface area contributed by atoms with E-state index in [1.165, 1.54) is 33.5 Å². The van der Waals surface area contributed by atoms with Gasteiger partial charge in [-0.3, -0.25) is 0 Å². The van der Waals surface area contributed by atoms with Crippen LogP contribution >= 0.6 is 23.2 Å². The standard InChI is InChI=1S/C35H50Cl2N2O9/c1-24(2)23-47-34(41)25-19-28(36)32(37)29(20-25)46-18-6-9-27(10-14-39-12-7-11-38(15-16-39)13-8-17-40)48-35(42)26-21-30(43-3)33(45-5)31(22-26)44-4/h19-22,24,27,40H,6-18,23H2,1-5H3. The number of hydrogen-bond donors (Lipinski definition) is 1. The molecular weight excluding hydrogens is 663 g/mol. The Bertz CT molecular complexity index is 1300. The van der Waals surface area contributed by atoms with Crippen molar-refractivity contribution in [3.8, 4) is 23.0 Å². The van der Waals surface area contributed by atoms with E-state index in [1.807, 2.05) is 13.8 Å². The van der Waals surface area contributed by atoms with Gasteiger partial charge in [0.1, 0.15) is 16.9 Å². The van der Waals surface area contributed by atoms with E-state index in [9.17, 15) is 14.7 Å². The molecule has 48 heavy (non-hydrogen) atoms. The monoisotopic (exact) mass is 712 g/mol. The summed E-state index contributed by atoms with van der Waals surface area (Å²) in [5.41, 5.74) is 0.534. The van der Waals surface area contributed by atoms with Crippen LogP contribution in [0.25, 0.3) is 0 Å². The third kappa shape index (κ3) is 12.2. The number of halogens is 2. The molecule has 0 amide bonds. The maximum absolute atomic E-state index is 13.5. The first kappa shape index (κ1) is 39.5. The maximum atomic E-state index is 13.5. The number of ether oxygens (including phenoxy) is 6. The SMILES string of the molecule is COc1cc(C(=O)OC(CCCOc2cc(C(=O)OCC(C)C)cc(Cl)c2Cl)CCN2CCCN(CCCO)CC2)cc(OC)c1OC. The van der Waals surface area contributed by atoms with E-state index in [1.54, 1.807) is 12.1 Å². The molecule has 268 valence electrons. The van der Waals surface area contributed by atoms with E-state index in [-0.39, 0.29) is 52.7 Å². The van der Waals surface area contributed by atoms with E-state index in [2.05, 4.69) is 9.80 Å². The number of carbonyl (C=O) groups excluding carboxylic acids is 2. The number of hydrogen-bond acceptors (Lipinski definition) is 11. The number of carbonyl (C=O) groups is 2. The highest BCUT2D eigenvalue weighted by atomic mass is 35.5. The summed E-state index contributed by atoms with van der Waals surface area (Å²) in [4.78, 5) is 30.8. The zero-order valence-electron chi connectivity index (χ0n) is 28.7. The molecule has 0 spiro atoms. The van der Waals surface area contributed by atoms with Gasteiger partial charge >= 0.3 is 11.9 Å². The van der Waals surface area contributed by atoms with Gasteiger partial charge < -0.3 is 43.3 Å². The summed E-state index contributed by atoms with van der Waals surface area (Å²) >= 11 is 12.7. The molecule has 0 radical (unpaired) electrons. The number of methoxy groups -OCH3 is 3. The number of benzene rings is 2. The van der Waals surface area contributed by atoms with Crippen LogP contribution in [0.4, 0.5) is 0 Å². The maximum Gasteiger partial charge on any atom is 0.338 e. The van der Waals surface area contributed by atoms with E-state index < -0.39 is 18.0 Å². The Balaban J connectivity index is 1.69. The lowest BCUT2D eigenvalue weighted by Crippen LogP contribution is -2.34. The van der Waals surface area contributed by atoms with Crippen molar-refractivity contribution in [1.29, 1.82) is 0 Å². The normalized spacial score (nSPS) is 14.7. The third-order valence-corrected chi connectivity index (χ3v) is 8.75. The van der Waals surface area contributed by atoms with Gasteiger partial charge in [-0.1, -0.05) is 37.0 Å². The highest BCUT2D eigenvalue weighted by Crippen LogP contribution is 2.38. The van der Waals surface area contributed by atoms with E-state index >= 15 is 0 Å². The summed E-state index contributed by atoms with van der Waals surface area (Å²) in [6.45, 7) is 10.0. The molecule has 1 heterocycles. The summed E-state index contributed by atoms with van der Waals surface area (Å²) in [5, 5.41) is 9.61. The zero-order valence-corrected chi connectivity index (χ0v) is 30.2. The quantitative estimate of drug-likeness (QED) is 0.137. The summed E-state index contributed by atoms with van der Waals surface area (Å²) in [6, 6.07) is 6.14. The molecule has 2 aromatic carbocycles. The molecule has 0 bridgehead atoms. The Morgan fingerprint density at radius 3 is 2.04 bits per heavy atom. The van der Waals surface area contributed by atoms with Crippen LogP contribution in [0.15, 0.2) is 24.3 Å². The topological polar surface area (TPSA) is 116 Å². The predicted octanol–water partition coefficient (Wildman–Crippen LogP) is 6.00. The second kappa shape index (κ2) is 20.5. The van der Waals surface area contributed by atoms with Crippen LogP contribution in [0.2, 0.25) is 10.0 Å². The fourth-order valence-corrected chi connectivity index (χ4v) is 5.75. The predicted molar refractivity (Wildman–Crippen MR) is 185 cm³/mol. The molecule has 11 nitrogen and oxygen atoms in total. The molecule has 3 rings (SSSR count). The largest absolute Gasteiger partial charge is 0.493 e. The van der Waals surface area contributed by atoms with Crippen molar-refractivity contribution in [3.05, 3.63) is 45.4 Å². The van der Waals surface area contributed by atoms with Crippen LogP contribution in [-0.4, -0.2) is 113 Å². The summed E-state index contributed by atoms with van der Waals surface area (Å²) < 4.78 is 33.6. The Labute approximate surface area is 294 Å². The van der Waals surface area contributed by atoms with Gasteiger partial charge in [0.25, 0.3) is 0 Å². The highest BCUT2D eigenvalue weighted by Gasteiger charge is 2.23. The number of aliphatic hydroxyl groups is 1. The van der Waals surface area contributed by atoms with Gasteiger partial charge in [0.15, 0.2) is 11.5 Å². The fraction of sp³-hybridized carbons (Fsp3) is 0.600. The fourth-order valence-electron chi connectivity index (χ4n) is 5.38. The van der Waals surface area contributed by atoms with Crippen LogP contribution < -0.4 is 18.9 Å². The number of esters is 2. The molecular formula is C35H50Cl2N2O9. The minimum Gasteiger partial charge on any atom is -0.493 e. The Morgan fingerprint density at radius 2 is 1.44 bits per heavy atom. The van der Waals surface area contributed by atoms with E-state index in [0.29, 0.717) is 36.5 Å². The lowest BCUT2D eigenvalue weighted by Gasteiger charge is -2.25. The summed E-state index contributed by atoms with van der Waals surface area (Å²) in [7, 11) is 4.48. The molecule has 1 aliphatic rings. The van der Waals surface area contributed by atoms with Gasteiger partial charge in [-0.25, -0.2) is 9.59 Å². The van der Waals surface area contributed by atoms with Crippen LogP contribution in [-0.2, 0) is 9.47 Å². The first-order chi connectivity index (χ1) is 23.1. The van der Waals surface area contributed by atoms with E-state index in [0.717, 1.165) is 52.1 Å². The molecule has 0 saturated carbocycles. The summed E-state index contributed by atoms with van der Waals surface area (Å²) in [6.07, 6.45) is 3.07. The Hall–Kier alpha value is -2.96. The molecule has 0 aromatic heterocycles. The Morgan fingerprint density at radius 1 is 0.812 bits per heavy atom. The molecule has 13 heteroatoms. The molecule has 2 aromatic rings. The molecule has 1 atom stereocenters. The van der Waals surface area contributed by atoms with Crippen molar-refractivity contribution in [3.63, 3.8) is 0 Å².